The summed E-state index contributed by atoms with van der Waals surface area (Å²) in [6.45, 7) is 3.79. The van der Waals surface area contributed by atoms with Crippen LogP contribution in [-0.2, 0) is 29.1 Å². The van der Waals surface area contributed by atoms with Crippen LogP contribution in [0.15, 0.2) is 65.6 Å². The fraction of sp³-hybridized carbons (Fsp3) is 0.333. The highest BCUT2D eigenvalue weighted by atomic mass is 32.2. The van der Waals surface area contributed by atoms with Gasteiger partial charge in [-0.15, -0.1) is 0 Å². The van der Waals surface area contributed by atoms with Crippen LogP contribution in [0, 0.1) is 18.8 Å². The van der Waals surface area contributed by atoms with Crippen LogP contribution in [0.5, 0.6) is 0 Å². The number of sulfonamides is 1. The molecule has 2 aromatic carbocycles. The Balaban J connectivity index is 1.91. The average molecular weight is 456 g/mol. The molecule has 8 heteroatoms. The molecular formula is C24H25NO6S. The number of benzene rings is 2. The molecule has 2 aromatic rings. The van der Waals surface area contributed by atoms with E-state index < -0.39 is 40.0 Å². The predicted molar refractivity (Wildman–Crippen MR) is 117 cm³/mol. The molecule has 168 valence electrons. The van der Waals surface area contributed by atoms with E-state index in [2.05, 4.69) is 0 Å². The molecule has 7 nitrogen and oxygen atoms in total. The first-order valence-corrected chi connectivity index (χ1v) is 12.0. The number of hydrogen-bond acceptors (Lipinski definition) is 6. The molecule has 0 aromatic heterocycles. The fourth-order valence-corrected chi connectivity index (χ4v) is 5.80. The number of carbonyl (C=O) groups is 2. The van der Waals surface area contributed by atoms with Crippen LogP contribution < -0.4 is 0 Å². The van der Waals surface area contributed by atoms with Crippen molar-refractivity contribution in [2.45, 2.75) is 37.8 Å². The van der Waals surface area contributed by atoms with Crippen molar-refractivity contribution < 1.29 is 27.5 Å². The van der Waals surface area contributed by atoms with Gasteiger partial charge in [0.15, 0.2) is 6.23 Å². The molecule has 0 N–H and O–H groups in total. The molecule has 1 fully saturated rings. The topological polar surface area (TPSA) is 90.0 Å². The third kappa shape index (κ3) is 4.02. The Morgan fingerprint density at radius 3 is 2.47 bits per heavy atom. The maximum Gasteiger partial charge on any atom is 0.313 e. The quantitative estimate of drug-likeness (QED) is 0.641. The fourth-order valence-electron chi connectivity index (χ4n) is 4.19. The molecule has 0 unspecified atom stereocenters. The Kier molecular flexibility index (Phi) is 6.06. The minimum Gasteiger partial charge on any atom is -0.466 e. The van der Waals surface area contributed by atoms with Gasteiger partial charge in [-0.05, 0) is 44.0 Å². The van der Waals surface area contributed by atoms with Crippen LogP contribution in [-0.4, -0.2) is 37.5 Å². The largest absolute Gasteiger partial charge is 0.466 e. The Bertz CT molecular complexity index is 1140. The van der Waals surface area contributed by atoms with Gasteiger partial charge in [0.05, 0.1) is 23.1 Å². The summed E-state index contributed by atoms with van der Waals surface area (Å²) >= 11 is 0. The van der Waals surface area contributed by atoms with E-state index in [9.17, 15) is 18.0 Å². The molecule has 0 aliphatic carbocycles. The van der Waals surface area contributed by atoms with Gasteiger partial charge >= 0.3 is 11.9 Å². The number of nitrogens with zero attached hydrogens (tertiary/aromatic N) is 1. The Morgan fingerprint density at radius 1 is 1.12 bits per heavy atom. The molecule has 1 saturated heterocycles. The standard InChI is InChI=1S/C24H25NO6S/c1-3-30-24(27)20-15-21(17-7-5-4-6-8-17)25(23-19(20)13-14-22(26)31-23)32(28,29)18-11-9-16(2)10-12-18/h4-12,15,19-20,23H,3,13-14H2,1-2H3/t19-,20+,23-/m1/s1. The highest BCUT2D eigenvalue weighted by molar-refractivity contribution is 7.89. The second-order valence-corrected chi connectivity index (χ2v) is 9.71. The van der Waals surface area contributed by atoms with E-state index >= 15 is 0 Å². The van der Waals surface area contributed by atoms with Crippen molar-refractivity contribution in [2.24, 2.45) is 11.8 Å². The van der Waals surface area contributed by atoms with Crippen molar-refractivity contribution in [2.75, 3.05) is 6.61 Å². The van der Waals surface area contributed by atoms with Crippen LogP contribution in [0.3, 0.4) is 0 Å². The number of carbonyl (C=O) groups excluding carboxylic acids is 2. The highest BCUT2D eigenvalue weighted by Gasteiger charge is 2.50. The van der Waals surface area contributed by atoms with E-state index in [0.29, 0.717) is 17.7 Å². The second kappa shape index (κ2) is 8.78. The third-order valence-corrected chi connectivity index (χ3v) is 7.56. The molecule has 0 spiro atoms. The lowest BCUT2D eigenvalue weighted by Crippen LogP contribution is -2.54. The summed E-state index contributed by atoms with van der Waals surface area (Å²) in [4.78, 5) is 25.1. The minimum atomic E-state index is -4.10. The Morgan fingerprint density at radius 2 is 1.81 bits per heavy atom. The Labute approximate surface area is 187 Å². The van der Waals surface area contributed by atoms with Crippen LogP contribution in [0.2, 0.25) is 0 Å². The van der Waals surface area contributed by atoms with Gasteiger partial charge in [-0.1, -0.05) is 48.0 Å². The zero-order chi connectivity index (χ0) is 22.9. The number of fused-ring (bicyclic) bond motifs is 1. The first-order valence-electron chi connectivity index (χ1n) is 10.6. The number of hydrogen-bond donors (Lipinski definition) is 0. The molecule has 32 heavy (non-hydrogen) atoms. The number of ether oxygens (including phenoxy) is 2. The third-order valence-electron chi connectivity index (χ3n) is 5.77. The molecule has 0 saturated carbocycles. The summed E-state index contributed by atoms with van der Waals surface area (Å²) in [5.41, 5.74) is 1.81. The minimum absolute atomic E-state index is 0.0832. The van der Waals surface area contributed by atoms with Crippen LogP contribution in [0.1, 0.15) is 30.9 Å². The van der Waals surface area contributed by atoms with Crippen LogP contribution >= 0.6 is 0 Å². The summed E-state index contributed by atoms with van der Waals surface area (Å²) in [6, 6.07) is 15.4. The summed E-state index contributed by atoms with van der Waals surface area (Å²) in [5.74, 6) is -2.22. The molecule has 2 heterocycles. The average Bonchev–Trinajstić information content (AvgIpc) is 2.78. The van der Waals surface area contributed by atoms with Crippen molar-refractivity contribution in [3.63, 3.8) is 0 Å². The number of aryl methyl sites for hydroxylation is 1. The van der Waals surface area contributed by atoms with Crippen LogP contribution in [0.4, 0.5) is 0 Å². The zero-order valence-corrected chi connectivity index (χ0v) is 18.7. The lowest BCUT2D eigenvalue weighted by molar-refractivity contribution is -0.173. The van der Waals surface area contributed by atoms with Crippen molar-refractivity contribution in [3.8, 4) is 0 Å². The normalized spacial score (nSPS) is 23.1. The smallest absolute Gasteiger partial charge is 0.313 e. The van der Waals surface area contributed by atoms with Crippen LogP contribution in [0.25, 0.3) is 5.70 Å². The summed E-state index contributed by atoms with van der Waals surface area (Å²) in [6.07, 6.45) is 0.937. The van der Waals surface area contributed by atoms with Crippen molar-refractivity contribution in [3.05, 3.63) is 71.8 Å². The molecule has 3 atom stereocenters. The lowest BCUT2D eigenvalue weighted by Gasteiger charge is -2.45. The monoisotopic (exact) mass is 455 g/mol. The van der Waals surface area contributed by atoms with E-state index in [1.807, 2.05) is 13.0 Å². The maximum absolute atomic E-state index is 13.8. The van der Waals surface area contributed by atoms with E-state index in [1.54, 1.807) is 49.4 Å². The van der Waals surface area contributed by atoms with Crippen molar-refractivity contribution in [1.82, 2.24) is 4.31 Å². The van der Waals surface area contributed by atoms with E-state index in [1.165, 1.54) is 12.1 Å². The molecule has 2 aliphatic heterocycles. The summed E-state index contributed by atoms with van der Waals surface area (Å²) in [7, 11) is -4.10. The Hall–Kier alpha value is -3.13. The highest BCUT2D eigenvalue weighted by Crippen LogP contribution is 2.44. The molecular weight excluding hydrogens is 430 g/mol. The molecule has 2 aliphatic rings. The number of rotatable bonds is 5. The molecule has 0 radical (unpaired) electrons. The van der Waals surface area contributed by atoms with Gasteiger partial charge in [0.25, 0.3) is 10.0 Å². The van der Waals surface area contributed by atoms with E-state index in [-0.39, 0.29) is 17.9 Å². The predicted octanol–water partition coefficient (Wildman–Crippen LogP) is 3.50. The van der Waals surface area contributed by atoms with Gasteiger partial charge < -0.3 is 9.47 Å². The first-order chi connectivity index (χ1) is 15.3. The maximum atomic E-state index is 13.8. The molecule has 0 amide bonds. The lowest BCUT2D eigenvalue weighted by atomic mass is 9.81. The van der Waals surface area contributed by atoms with Gasteiger partial charge in [-0.3, -0.25) is 9.59 Å². The van der Waals surface area contributed by atoms with Crippen molar-refractivity contribution in [1.29, 1.82) is 0 Å². The van der Waals surface area contributed by atoms with Gasteiger partial charge in [0.2, 0.25) is 0 Å². The van der Waals surface area contributed by atoms with Gasteiger partial charge in [0.1, 0.15) is 0 Å². The van der Waals surface area contributed by atoms with Gasteiger partial charge in [-0.2, -0.15) is 0 Å². The first kappa shape index (κ1) is 22.1. The summed E-state index contributed by atoms with van der Waals surface area (Å²) in [5, 5.41) is 0. The molecule has 0 bridgehead atoms. The number of esters is 2. The van der Waals surface area contributed by atoms with E-state index in [4.69, 9.17) is 9.47 Å². The molecule has 4 rings (SSSR count). The van der Waals surface area contributed by atoms with Crippen molar-refractivity contribution >= 4 is 27.7 Å². The van der Waals surface area contributed by atoms with Gasteiger partial charge in [-0.25, -0.2) is 12.7 Å². The zero-order valence-electron chi connectivity index (χ0n) is 17.9. The second-order valence-electron chi connectivity index (χ2n) is 7.89. The summed E-state index contributed by atoms with van der Waals surface area (Å²) < 4.78 is 39.7. The SMILES string of the molecule is CCOC(=O)[C@H]1C=C(c2ccccc2)N(S(=O)(=O)c2ccc(C)cc2)[C@@H]2OC(=O)CC[C@H]12. The van der Waals surface area contributed by atoms with Gasteiger partial charge in [0, 0.05) is 12.3 Å². The van der Waals surface area contributed by atoms with E-state index in [0.717, 1.165) is 9.87 Å².